The highest BCUT2D eigenvalue weighted by Gasteiger charge is 2.16. The number of benzene rings is 2. The number of hydrogen-bond acceptors (Lipinski definition) is 4. The Morgan fingerprint density at radius 2 is 1.96 bits per heavy atom. The lowest BCUT2D eigenvalue weighted by Crippen LogP contribution is -2.25. The third kappa shape index (κ3) is 3.35. The first-order valence-electron chi connectivity index (χ1n) is 8.52. The zero-order valence-corrected chi connectivity index (χ0v) is 13.8. The average molecular weight is 343 g/mol. The van der Waals surface area contributed by atoms with E-state index in [1.165, 1.54) is 38.1 Å². The van der Waals surface area contributed by atoms with E-state index >= 15 is 0 Å². The quantitative estimate of drug-likeness (QED) is 0.751. The third-order valence-corrected chi connectivity index (χ3v) is 4.53. The minimum absolute atomic E-state index is 0.0275. The smallest absolute Gasteiger partial charge is 0.230 e. The summed E-state index contributed by atoms with van der Waals surface area (Å²) in [7, 11) is 0. The SMILES string of the molecule is Fc1cccc(-c2nc3ccc(NCCN4CCCC4)cc3o2)c1F. The summed E-state index contributed by atoms with van der Waals surface area (Å²) in [6.45, 7) is 4.20. The van der Waals surface area contributed by atoms with Crippen LogP contribution in [0.4, 0.5) is 14.5 Å². The van der Waals surface area contributed by atoms with Crippen molar-refractivity contribution in [2.45, 2.75) is 12.8 Å². The van der Waals surface area contributed by atoms with Gasteiger partial charge < -0.3 is 14.6 Å². The second kappa shape index (κ2) is 6.80. The van der Waals surface area contributed by atoms with Gasteiger partial charge >= 0.3 is 0 Å². The zero-order valence-electron chi connectivity index (χ0n) is 13.8. The Morgan fingerprint density at radius 1 is 1.12 bits per heavy atom. The molecule has 2 heterocycles. The van der Waals surface area contributed by atoms with Gasteiger partial charge in [0.2, 0.25) is 5.89 Å². The van der Waals surface area contributed by atoms with E-state index in [2.05, 4.69) is 15.2 Å². The highest BCUT2D eigenvalue weighted by Crippen LogP contribution is 2.28. The standard InChI is InChI=1S/C19H19F2N3O/c20-15-5-3-4-14(18(15)21)19-23-16-7-6-13(12-17(16)25-19)22-8-11-24-9-1-2-10-24/h3-7,12,22H,1-2,8-11H2. The molecule has 0 unspecified atom stereocenters. The molecular weight excluding hydrogens is 324 g/mol. The summed E-state index contributed by atoms with van der Waals surface area (Å²) in [5, 5.41) is 3.37. The van der Waals surface area contributed by atoms with Gasteiger partial charge in [-0.25, -0.2) is 13.8 Å². The Labute approximate surface area is 144 Å². The van der Waals surface area contributed by atoms with Crippen molar-refractivity contribution in [2.75, 3.05) is 31.5 Å². The lowest BCUT2D eigenvalue weighted by molar-refractivity contribution is 0.352. The molecule has 0 spiro atoms. The fraction of sp³-hybridized carbons (Fsp3) is 0.316. The van der Waals surface area contributed by atoms with Crippen molar-refractivity contribution in [3.05, 3.63) is 48.0 Å². The predicted octanol–water partition coefficient (Wildman–Crippen LogP) is 4.28. The molecule has 2 aromatic carbocycles. The molecule has 4 nitrogen and oxygen atoms in total. The normalized spacial score (nSPS) is 15.1. The van der Waals surface area contributed by atoms with E-state index in [1.54, 1.807) is 0 Å². The maximum absolute atomic E-state index is 13.9. The number of anilines is 1. The fourth-order valence-corrected chi connectivity index (χ4v) is 3.18. The van der Waals surface area contributed by atoms with Crippen LogP contribution in [0.25, 0.3) is 22.6 Å². The van der Waals surface area contributed by atoms with Crippen LogP contribution in [0.5, 0.6) is 0 Å². The van der Waals surface area contributed by atoms with Crippen molar-refractivity contribution >= 4 is 16.8 Å². The van der Waals surface area contributed by atoms with E-state index in [0.29, 0.717) is 11.1 Å². The van der Waals surface area contributed by atoms with Crippen molar-refractivity contribution in [1.82, 2.24) is 9.88 Å². The van der Waals surface area contributed by atoms with Crippen molar-refractivity contribution in [3.63, 3.8) is 0 Å². The highest BCUT2D eigenvalue weighted by molar-refractivity contribution is 5.80. The minimum atomic E-state index is -0.946. The van der Waals surface area contributed by atoms with Crippen molar-refractivity contribution in [3.8, 4) is 11.5 Å². The average Bonchev–Trinajstić information content (AvgIpc) is 3.26. The van der Waals surface area contributed by atoms with Crippen LogP contribution in [-0.4, -0.2) is 36.1 Å². The molecule has 25 heavy (non-hydrogen) atoms. The molecule has 0 aliphatic carbocycles. The Hall–Kier alpha value is -2.47. The first kappa shape index (κ1) is 16.0. The van der Waals surface area contributed by atoms with E-state index < -0.39 is 11.6 Å². The summed E-state index contributed by atoms with van der Waals surface area (Å²) < 4.78 is 33.0. The number of fused-ring (bicyclic) bond motifs is 1. The van der Waals surface area contributed by atoms with Gasteiger partial charge in [-0.15, -0.1) is 0 Å². The molecule has 1 N–H and O–H groups in total. The van der Waals surface area contributed by atoms with E-state index in [0.717, 1.165) is 24.8 Å². The summed E-state index contributed by atoms with van der Waals surface area (Å²) in [5.74, 6) is -1.77. The molecule has 130 valence electrons. The first-order chi connectivity index (χ1) is 12.2. The van der Waals surface area contributed by atoms with Gasteiger partial charge in [-0.3, -0.25) is 0 Å². The Morgan fingerprint density at radius 3 is 2.80 bits per heavy atom. The molecule has 0 atom stereocenters. The fourth-order valence-electron chi connectivity index (χ4n) is 3.18. The zero-order chi connectivity index (χ0) is 17.2. The minimum Gasteiger partial charge on any atom is -0.436 e. The summed E-state index contributed by atoms with van der Waals surface area (Å²) in [4.78, 5) is 6.70. The molecular formula is C19H19F2N3O. The van der Waals surface area contributed by atoms with Gasteiger partial charge in [-0.05, 0) is 50.2 Å². The number of halogens is 2. The van der Waals surface area contributed by atoms with Crippen LogP contribution < -0.4 is 5.32 Å². The second-order valence-electron chi connectivity index (χ2n) is 6.28. The summed E-state index contributed by atoms with van der Waals surface area (Å²) in [5.41, 5.74) is 2.11. The van der Waals surface area contributed by atoms with E-state index in [1.807, 2.05) is 18.2 Å². The molecule has 3 aromatic rings. The van der Waals surface area contributed by atoms with Crippen molar-refractivity contribution < 1.29 is 13.2 Å². The summed E-state index contributed by atoms with van der Waals surface area (Å²) >= 11 is 0. The monoisotopic (exact) mass is 343 g/mol. The number of rotatable bonds is 5. The van der Waals surface area contributed by atoms with Crippen molar-refractivity contribution in [2.24, 2.45) is 0 Å². The van der Waals surface area contributed by atoms with Gasteiger partial charge in [-0.1, -0.05) is 6.07 Å². The number of hydrogen-bond donors (Lipinski definition) is 1. The largest absolute Gasteiger partial charge is 0.436 e. The first-order valence-corrected chi connectivity index (χ1v) is 8.52. The van der Waals surface area contributed by atoms with Gasteiger partial charge in [-0.2, -0.15) is 0 Å². The van der Waals surface area contributed by atoms with Crippen molar-refractivity contribution in [1.29, 1.82) is 0 Å². The second-order valence-corrected chi connectivity index (χ2v) is 6.28. The van der Waals surface area contributed by atoms with Crippen LogP contribution in [0.2, 0.25) is 0 Å². The maximum Gasteiger partial charge on any atom is 0.230 e. The maximum atomic E-state index is 13.9. The van der Waals surface area contributed by atoms with Crippen LogP contribution >= 0.6 is 0 Å². The van der Waals surface area contributed by atoms with Crippen LogP contribution in [0, 0.1) is 11.6 Å². The topological polar surface area (TPSA) is 41.3 Å². The summed E-state index contributed by atoms with van der Waals surface area (Å²) in [6.07, 6.45) is 2.56. The molecule has 1 aliphatic heterocycles. The van der Waals surface area contributed by atoms with Crippen LogP contribution in [-0.2, 0) is 0 Å². The molecule has 6 heteroatoms. The van der Waals surface area contributed by atoms with Crippen LogP contribution in [0.15, 0.2) is 40.8 Å². The predicted molar refractivity (Wildman–Crippen MR) is 93.5 cm³/mol. The molecule has 0 amide bonds. The Kier molecular flexibility index (Phi) is 4.36. The third-order valence-electron chi connectivity index (χ3n) is 4.53. The van der Waals surface area contributed by atoms with E-state index in [4.69, 9.17) is 4.42 Å². The molecule has 1 saturated heterocycles. The van der Waals surface area contributed by atoms with Crippen LogP contribution in [0.3, 0.4) is 0 Å². The van der Waals surface area contributed by atoms with E-state index in [9.17, 15) is 8.78 Å². The highest BCUT2D eigenvalue weighted by atomic mass is 19.2. The van der Waals surface area contributed by atoms with Gasteiger partial charge in [0.25, 0.3) is 0 Å². The molecule has 4 rings (SSSR count). The number of nitrogens with one attached hydrogen (secondary N) is 1. The Bertz CT molecular complexity index is 888. The summed E-state index contributed by atoms with van der Waals surface area (Å²) in [6, 6.07) is 9.54. The molecule has 0 bridgehead atoms. The number of nitrogens with zero attached hydrogens (tertiary/aromatic N) is 2. The molecule has 0 radical (unpaired) electrons. The lowest BCUT2D eigenvalue weighted by atomic mass is 10.2. The number of aromatic nitrogens is 1. The van der Waals surface area contributed by atoms with Gasteiger partial charge in [0.05, 0.1) is 5.56 Å². The van der Waals surface area contributed by atoms with Gasteiger partial charge in [0.15, 0.2) is 17.2 Å². The number of likely N-dealkylation sites (tertiary alicyclic amines) is 1. The van der Waals surface area contributed by atoms with Gasteiger partial charge in [0.1, 0.15) is 5.52 Å². The van der Waals surface area contributed by atoms with Crippen LogP contribution in [0.1, 0.15) is 12.8 Å². The molecule has 0 saturated carbocycles. The van der Waals surface area contributed by atoms with Gasteiger partial charge in [0, 0.05) is 24.8 Å². The molecule has 1 aliphatic rings. The lowest BCUT2D eigenvalue weighted by Gasteiger charge is -2.15. The molecule has 1 fully saturated rings. The Balaban J connectivity index is 1.52. The molecule has 1 aromatic heterocycles. The number of oxazole rings is 1. The van der Waals surface area contributed by atoms with E-state index in [-0.39, 0.29) is 11.5 Å².